The van der Waals surface area contributed by atoms with Gasteiger partial charge in [-0.15, -0.1) is 0 Å². The van der Waals surface area contributed by atoms with Gasteiger partial charge in [0.25, 0.3) is 0 Å². The van der Waals surface area contributed by atoms with Crippen LogP contribution in [0.4, 0.5) is 4.79 Å². The summed E-state index contributed by atoms with van der Waals surface area (Å²) in [6, 6.07) is 0.258. The quantitative estimate of drug-likeness (QED) is 0.550. The molecule has 0 heterocycles. The van der Waals surface area contributed by atoms with Gasteiger partial charge in [-0.2, -0.15) is 0 Å². The molecule has 1 saturated carbocycles. The first-order chi connectivity index (χ1) is 5.52. The third-order valence-corrected chi connectivity index (χ3v) is 2.54. The molecule has 0 spiro atoms. The Bertz CT molecular complexity index is 174. The topological polar surface area (TPSA) is 75.3 Å². The van der Waals surface area contributed by atoms with Crippen LogP contribution in [-0.2, 0) is 0 Å². The fourth-order valence-electron chi connectivity index (χ4n) is 1.66. The van der Waals surface area contributed by atoms with E-state index in [0.29, 0.717) is 0 Å². The maximum Gasteiger partial charge on any atom is 0.405 e. The molecule has 1 fully saturated rings. The maximum atomic E-state index is 10.4. The molecule has 0 aromatic rings. The van der Waals surface area contributed by atoms with Gasteiger partial charge in [-0.25, -0.2) is 4.79 Å². The summed E-state index contributed by atoms with van der Waals surface area (Å²) < 4.78 is 0. The third-order valence-electron chi connectivity index (χ3n) is 2.54. The standard InChI is InChI=1S/C8H16N2O2/c1-8(10-7(11)12)4-2-6(9)3-5-8/h6,10H,2-5,9H2,1H3,(H,11,12)/t6-,8+. The highest BCUT2D eigenvalue weighted by Gasteiger charge is 2.30. The van der Waals surface area contributed by atoms with Gasteiger partial charge in [0, 0.05) is 11.6 Å². The molecule has 0 unspecified atom stereocenters. The predicted octanol–water partition coefficient (Wildman–Crippen LogP) is 0.914. The van der Waals surface area contributed by atoms with Gasteiger partial charge in [0.1, 0.15) is 0 Å². The van der Waals surface area contributed by atoms with Crippen LogP contribution in [0.1, 0.15) is 32.6 Å². The summed E-state index contributed by atoms with van der Waals surface area (Å²) in [6.45, 7) is 1.94. The van der Waals surface area contributed by atoms with Crippen LogP contribution < -0.4 is 11.1 Å². The molecule has 0 saturated heterocycles. The number of nitrogens with one attached hydrogen (secondary N) is 1. The molecule has 0 aliphatic heterocycles. The third kappa shape index (κ3) is 2.37. The Morgan fingerprint density at radius 3 is 2.50 bits per heavy atom. The molecule has 1 aliphatic carbocycles. The highest BCUT2D eigenvalue weighted by Crippen LogP contribution is 2.26. The summed E-state index contributed by atoms with van der Waals surface area (Å²) in [4.78, 5) is 10.4. The van der Waals surface area contributed by atoms with Gasteiger partial charge in [-0.1, -0.05) is 0 Å². The van der Waals surface area contributed by atoms with Crippen molar-refractivity contribution in [2.24, 2.45) is 5.73 Å². The van der Waals surface area contributed by atoms with E-state index in [4.69, 9.17) is 10.8 Å². The van der Waals surface area contributed by atoms with Crippen molar-refractivity contribution in [2.75, 3.05) is 0 Å². The van der Waals surface area contributed by atoms with Crippen LogP contribution in [0.2, 0.25) is 0 Å². The van der Waals surface area contributed by atoms with E-state index in [1.807, 2.05) is 6.92 Å². The Morgan fingerprint density at radius 2 is 2.08 bits per heavy atom. The van der Waals surface area contributed by atoms with E-state index in [1.165, 1.54) is 0 Å². The van der Waals surface area contributed by atoms with Crippen LogP contribution in [-0.4, -0.2) is 22.8 Å². The van der Waals surface area contributed by atoms with Crippen LogP contribution in [0.3, 0.4) is 0 Å². The van der Waals surface area contributed by atoms with E-state index in [2.05, 4.69) is 5.32 Å². The number of carbonyl (C=O) groups is 1. The number of hydrogen-bond acceptors (Lipinski definition) is 2. The molecule has 4 nitrogen and oxygen atoms in total. The molecule has 0 aromatic heterocycles. The minimum absolute atomic E-state index is 0.248. The number of carboxylic acid groups (broad SMARTS) is 1. The molecule has 1 amide bonds. The van der Waals surface area contributed by atoms with Gasteiger partial charge in [0.05, 0.1) is 0 Å². The zero-order chi connectivity index (χ0) is 9.19. The average molecular weight is 172 g/mol. The first-order valence-electron chi connectivity index (χ1n) is 4.28. The molecule has 12 heavy (non-hydrogen) atoms. The number of nitrogens with two attached hydrogens (primary N) is 1. The molecule has 4 heteroatoms. The monoisotopic (exact) mass is 172 g/mol. The molecule has 1 aliphatic rings. The van der Waals surface area contributed by atoms with Gasteiger partial charge < -0.3 is 16.2 Å². The molecular weight excluding hydrogens is 156 g/mol. The molecule has 0 aromatic carbocycles. The van der Waals surface area contributed by atoms with Gasteiger partial charge in [0.15, 0.2) is 0 Å². The summed E-state index contributed by atoms with van der Waals surface area (Å²) in [5.74, 6) is 0. The van der Waals surface area contributed by atoms with Gasteiger partial charge in [-0.3, -0.25) is 0 Å². The van der Waals surface area contributed by atoms with Crippen LogP contribution >= 0.6 is 0 Å². The van der Waals surface area contributed by atoms with Crippen LogP contribution in [0.15, 0.2) is 0 Å². The Balaban J connectivity index is 2.44. The fourth-order valence-corrected chi connectivity index (χ4v) is 1.66. The summed E-state index contributed by atoms with van der Waals surface area (Å²) >= 11 is 0. The SMILES string of the molecule is C[C@]1(NC(=O)O)CC[C@@H](N)CC1. The van der Waals surface area contributed by atoms with Crippen molar-refractivity contribution in [1.82, 2.24) is 5.32 Å². The molecule has 70 valence electrons. The van der Waals surface area contributed by atoms with E-state index in [9.17, 15) is 4.79 Å². The molecule has 4 N–H and O–H groups in total. The van der Waals surface area contributed by atoms with E-state index in [1.54, 1.807) is 0 Å². The normalized spacial score (nSPS) is 36.0. The predicted molar refractivity (Wildman–Crippen MR) is 46.0 cm³/mol. The molecule has 0 atom stereocenters. The van der Waals surface area contributed by atoms with Crippen LogP contribution in [0, 0.1) is 0 Å². The highest BCUT2D eigenvalue weighted by atomic mass is 16.4. The zero-order valence-corrected chi connectivity index (χ0v) is 7.34. The molecule has 1 rings (SSSR count). The number of rotatable bonds is 1. The summed E-state index contributed by atoms with van der Waals surface area (Å²) in [5.41, 5.74) is 5.46. The second-order valence-corrected chi connectivity index (χ2v) is 3.83. The average Bonchev–Trinajstić information content (AvgIpc) is 1.94. The van der Waals surface area contributed by atoms with Gasteiger partial charge >= 0.3 is 6.09 Å². The lowest BCUT2D eigenvalue weighted by Gasteiger charge is -2.35. The lowest BCUT2D eigenvalue weighted by Crippen LogP contribution is -2.49. The lowest BCUT2D eigenvalue weighted by molar-refractivity contribution is 0.165. The van der Waals surface area contributed by atoms with E-state index >= 15 is 0 Å². The zero-order valence-electron chi connectivity index (χ0n) is 7.34. The molecule has 0 bridgehead atoms. The van der Waals surface area contributed by atoms with E-state index in [0.717, 1.165) is 25.7 Å². The summed E-state index contributed by atoms with van der Waals surface area (Å²) in [7, 11) is 0. The minimum Gasteiger partial charge on any atom is -0.465 e. The van der Waals surface area contributed by atoms with Crippen molar-refractivity contribution in [3.8, 4) is 0 Å². The second-order valence-electron chi connectivity index (χ2n) is 3.83. The Hall–Kier alpha value is -0.770. The summed E-state index contributed by atoms with van der Waals surface area (Å²) in [6.07, 6.45) is 2.59. The van der Waals surface area contributed by atoms with Crippen LogP contribution in [0.25, 0.3) is 0 Å². The lowest BCUT2D eigenvalue weighted by atomic mass is 9.81. The van der Waals surface area contributed by atoms with Crippen molar-refractivity contribution >= 4 is 6.09 Å². The molecular formula is C8H16N2O2. The smallest absolute Gasteiger partial charge is 0.405 e. The largest absolute Gasteiger partial charge is 0.465 e. The van der Waals surface area contributed by atoms with Crippen molar-refractivity contribution < 1.29 is 9.90 Å². The van der Waals surface area contributed by atoms with Crippen molar-refractivity contribution in [3.63, 3.8) is 0 Å². The molecule has 0 radical (unpaired) electrons. The second kappa shape index (κ2) is 3.31. The Labute approximate surface area is 72.1 Å². The van der Waals surface area contributed by atoms with Gasteiger partial charge in [0.2, 0.25) is 0 Å². The fraction of sp³-hybridized carbons (Fsp3) is 0.875. The Kier molecular flexibility index (Phi) is 2.57. The van der Waals surface area contributed by atoms with Gasteiger partial charge in [-0.05, 0) is 32.6 Å². The first kappa shape index (κ1) is 9.32. The van der Waals surface area contributed by atoms with Crippen molar-refractivity contribution in [3.05, 3.63) is 0 Å². The van der Waals surface area contributed by atoms with Crippen molar-refractivity contribution in [1.29, 1.82) is 0 Å². The minimum atomic E-state index is -0.937. The van der Waals surface area contributed by atoms with E-state index in [-0.39, 0.29) is 11.6 Å². The summed E-state index contributed by atoms with van der Waals surface area (Å²) in [5, 5.41) is 11.1. The maximum absolute atomic E-state index is 10.4. The Morgan fingerprint density at radius 1 is 1.58 bits per heavy atom. The first-order valence-corrected chi connectivity index (χ1v) is 4.28. The van der Waals surface area contributed by atoms with Crippen LogP contribution in [0.5, 0.6) is 0 Å². The van der Waals surface area contributed by atoms with Crippen molar-refractivity contribution in [2.45, 2.75) is 44.2 Å². The highest BCUT2D eigenvalue weighted by molar-refractivity contribution is 5.65. The number of amides is 1. The number of hydrogen-bond donors (Lipinski definition) is 3. The van der Waals surface area contributed by atoms with E-state index < -0.39 is 6.09 Å².